The monoisotopic (exact) mass is 420 g/mol. The van der Waals surface area contributed by atoms with E-state index in [0.29, 0.717) is 0 Å². The summed E-state index contributed by atoms with van der Waals surface area (Å²) in [5.41, 5.74) is 2.49. The Bertz CT molecular complexity index is 873. The Morgan fingerprint density at radius 3 is 2.67 bits per heavy atom. The maximum Gasteiger partial charge on any atom is 0.404 e. The minimum Gasteiger partial charge on any atom is -0.496 e. The number of nitrogens with one attached hydrogen (secondary N) is 2. The Morgan fingerprint density at radius 1 is 1.27 bits per heavy atom. The van der Waals surface area contributed by atoms with Gasteiger partial charge in [0, 0.05) is 18.7 Å². The summed E-state index contributed by atoms with van der Waals surface area (Å²) in [7, 11) is 1.63. The van der Waals surface area contributed by atoms with Crippen LogP contribution < -0.4 is 15.4 Å². The topological polar surface area (TPSA) is 90.8 Å². The third-order valence-electron chi connectivity index (χ3n) is 5.41. The first-order valence-electron chi connectivity index (χ1n) is 9.89. The Kier molecular flexibility index (Phi) is 7.23. The highest BCUT2D eigenvalue weighted by atomic mass is 19.1. The van der Waals surface area contributed by atoms with Crippen LogP contribution in [0.3, 0.4) is 0 Å². The summed E-state index contributed by atoms with van der Waals surface area (Å²) < 4.78 is 32.4. The van der Waals surface area contributed by atoms with Gasteiger partial charge in [-0.25, -0.2) is 13.6 Å². The minimum absolute atomic E-state index is 0.00408. The first kappa shape index (κ1) is 22.0. The van der Waals surface area contributed by atoms with Crippen molar-refractivity contribution in [2.45, 2.75) is 43.9 Å². The van der Waals surface area contributed by atoms with E-state index in [2.05, 4.69) is 10.6 Å². The van der Waals surface area contributed by atoms with E-state index in [-0.39, 0.29) is 24.6 Å². The molecule has 2 aromatic carbocycles. The summed E-state index contributed by atoms with van der Waals surface area (Å²) >= 11 is 0. The van der Waals surface area contributed by atoms with Gasteiger partial charge in [0.15, 0.2) is 0 Å². The molecule has 3 atom stereocenters. The van der Waals surface area contributed by atoms with Gasteiger partial charge in [0.05, 0.1) is 19.3 Å². The Labute approximate surface area is 173 Å². The Balaban J connectivity index is 1.69. The number of methoxy groups -OCH3 is 1. The summed E-state index contributed by atoms with van der Waals surface area (Å²) in [5, 5.41) is 25.3. The van der Waals surface area contributed by atoms with Gasteiger partial charge in [0.2, 0.25) is 0 Å². The highest BCUT2D eigenvalue weighted by Gasteiger charge is 2.26. The number of fused-ring (bicyclic) bond motifs is 1. The second-order valence-corrected chi connectivity index (χ2v) is 7.49. The van der Waals surface area contributed by atoms with Crippen molar-refractivity contribution in [2.24, 2.45) is 0 Å². The van der Waals surface area contributed by atoms with Crippen molar-refractivity contribution in [3.05, 3.63) is 64.7 Å². The standard InChI is InChI=1S/C22H26F2N2O4/c1-30-21-7-3-4-16-17(21)5-2-6-18(16)25-12-20(27)19(26-22(28)29)10-13-8-14(23)11-15(24)9-13/h3-4,7-9,11,18-20,25-27H,2,5-6,10,12H2,1H3,(H,28,29)/t18?,19-,20-/m0/s1. The number of benzene rings is 2. The van der Waals surface area contributed by atoms with Crippen LogP contribution in [0.4, 0.5) is 13.6 Å². The maximum absolute atomic E-state index is 13.5. The third-order valence-corrected chi connectivity index (χ3v) is 5.41. The molecule has 4 N–H and O–H groups in total. The van der Waals surface area contributed by atoms with Gasteiger partial charge < -0.3 is 25.6 Å². The molecule has 30 heavy (non-hydrogen) atoms. The van der Waals surface area contributed by atoms with Crippen LogP contribution in [0.1, 0.15) is 35.6 Å². The zero-order valence-electron chi connectivity index (χ0n) is 16.7. The van der Waals surface area contributed by atoms with Crippen molar-refractivity contribution in [3.8, 4) is 5.75 Å². The molecule has 0 saturated heterocycles. The van der Waals surface area contributed by atoms with Crippen molar-refractivity contribution in [2.75, 3.05) is 13.7 Å². The van der Waals surface area contributed by atoms with Crippen LogP contribution in [0.15, 0.2) is 36.4 Å². The van der Waals surface area contributed by atoms with Gasteiger partial charge in [-0.05, 0) is 60.6 Å². The van der Waals surface area contributed by atoms with E-state index in [1.165, 1.54) is 0 Å². The van der Waals surface area contributed by atoms with E-state index in [0.717, 1.165) is 54.3 Å². The maximum atomic E-state index is 13.5. The van der Waals surface area contributed by atoms with Gasteiger partial charge in [-0.2, -0.15) is 0 Å². The highest BCUT2D eigenvalue weighted by Crippen LogP contribution is 2.35. The first-order chi connectivity index (χ1) is 14.4. The molecule has 0 aromatic heterocycles. The molecule has 162 valence electrons. The average molecular weight is 420 g/mol. The number of aliphatic hydroxyl groups is 1. The number of amides is 1. The van der Waals surface area contributed by atoms with Gasteiger partial charge in [-0.3, -0.25) is 0 Å². The van der Waals surface area contributed by atoms with Crippen LogP contribution in [-0.2, 0) is 12.8 Å². The van der Waals surface area contributed by atoms with E-state index in [4.69, 9.17) is 9.84 Å². The molecule has 1 aliphatic carbocycles. The lowest BCUT2D eigenvalue weighted by atomic mass is 9.87. The molecule has 0 aliphatic heterocycles. The lowest BCUT2D eigenvalue weighted by molar-refractivity contribution is 0.114. The number of carboxylic acid groups (broad SMARTS) is 1. The fraction of sp³-hybridized carbons (Fsp3) is 0.409. The van der Waals surface area contributed by atoms with Crippen molar-refractivity contribution in [1.29, 1.82) is 0 Å². The molecule has 0 saturated carbocycles. The number of carbonyl (C=O) groups is 1. The van der Waals surface area contributed by atoms with E-state index in [1.807, 2.05) is 18.2 Å². The molecular formula is C22H26F2N2O4. The van der Waals surface area contributed by atoms with Crippen LogP contribution in [0.2, 0.25) is 0 Å². The van der Waals surface area contributed by atoms with Crippen molar-refractivity contribution < 1.29 is 28.5 Å². The molecule has 0 radical (unpaired) electrons. The molecule has 0 fully saturated rings. The average Bonchev–Trinajstić information content (AvgIpc) is 2.69. The second kappa shape index (κ2) is 9.86. The van der Waals surface area contributed by atoms with E-state index in [9.17, 15) is 18.7 Å². The minimum atomic E-state index is -1.32. The molecule has 0 heterocycles. The third kappa shape index (κ3) is 5.46. The lowest BCUT2D eigenvalue weighted by Gasteiger charge is -2.30. The molecule has 3 rings (SSSR count). The number of halogens is 2. The lowest BCUT2D eigenvalue weighted by Crippen LogP contribution is -2.49. The van der Waals surface area contributed by atoms with Crippen molar-refractivity contribution in [1.82, 2.24) is 10.6 Å². The molecule has 6 nitrogen and oxygen atoms in total. The Hall–Kier alpha value is -2.71. The zero-order chi connectivity index (χ0) is 21.7. The number of ether oxygens (including phenoxy) is 1. The van der Waals surface area contributed by atoms with Crippen LogP contribution in [0, 0.1) is 11.6 Å². The summed E-state index contributed by atoms with van der Waals surface area (Å²) in [6, 6.07) is 7.93. The van der Waals surface area contributed by atoms with Gasteiger partial charge in [0.1, 0.15) is 17.4 Å². The van der Waals surface area contributed by atoms with Crippen LogP contribution >= 0.6 is 0 Å². The van der Waals surface area contributed by atoms with Gasteiger partial charge in [0.25, 0.3) is 0 Å². The van der Waals surface area contributed by atoms with Crippen LogP contribution in [-0.4, -0.2) is 42.1 Å². The normalized spacial score (nSPS) is 17.7. The number of rotatable bonds is 8. The van der Waals surface area contributed by atoms with Gasteiger partial charge in [-0.1, -0.05) is 12.1 Å². The van der Waals surface area contributed by atoms with Gasteiger partial charge in [-0.15, -0.1) is 0 Å². The van der Waals surface area contributed by atoms with Crippen LogP contribution in [0.5, 0.6) is 5.75 Å². The van der Waals surface area contributed by atoms with Crippen LogP contribution in [0.25, 0.3) is 0 Å². The molecule has 8 heteroatoms. The summed E-state index contributed by atoms with van der Waals surface area (Å²) in [5.74, 6) is -0.669. The smallest absolute Gasteiger partial charge is 0.404 e. The first-order valence-corrected chi connectivity index (χ1v) is 9.89. The summed E-state index contributed by atoms with van der Waals surface area (Å²) in [6.07, 6.45) is 0.291. The highest BCUT2D eigenvalue weighted by molar-refractivity contribution is 5.65. The molecule has 1 unspecified atom stereocenters. The van der Waals surface area contributed by atoms with Crippen molar-refractivity contribution >= 4 is 6.09 Å². The molecule has 2 aromatic rings. The van der Waals surface area contributed by atoms with E-state index >= 15 is 0 Å². The predicted octanol–water partition coefficient (Wildman–Crippen LogP) is 3.18. The fourth-order valence-electron chi connectivity index (χ4n) is 4.05. The molecular weight excluding hydrogens is 394 g/mol. The second-order valence-electron chi connectivity index (χ2n) is 7.49. The van der Waals surface area contributed by atoms with Gasteiger partial charge >= 0.3 is 6.09 Å². The quantitative estimate of drug-likeness (QED) is 0.527. The molecule has 0 bridgehead atoms. The SMILES string of the molecule is COc1cccc2c1CCCC2NC[C@H](O)[C@H](Cc1cc(F)cc(F)c1)NC(=O)O. The van der Waals surface area contributed by atoms with Crippen molar-refractivity contribution in [3.63, 3.8) is 0 Å². The summed E-state index contributed by atoms with van der Waals surface area (Å²) in [6.45, 7) is 0.115. The number of hydrogen-bond donors (Lipinski definition) is 4. The predicted molar refractivity (Wildman–Crippen MR) is 108 cm³/mol. The number of aliphatic hydroxyl groups excluding tert-OH is 1. The largest absolute Gasteiger partial charge is 0.496 e. The molecule has 0 spiro atoms. The molecule has 1 amide bonds. The Morgan fingerprint density at radius 2 is 2.00 bits per heavy atom. The fourth-order valence-corrected chi connectivity index (χ4v) is 4.05. The van der Waals surface area contributed by atoms with E-state index in [1.54, 1.807) is 7.11 Å². The summed E-state index contributed by atoms with van der Waals surface area (Å²) in [4.78, 5) is 11.2. The van der Waals surface area contributed by atoms with E-state index < -0.39 is 29.9 Å². The number of hydrogen-bond acceptors (Lipinski definition) is 4. The zero-order valence-corrected chi connectivity index (χ0v) is 16.7. The molecule has 1 aliphatic rings.